The van der Waals surface area contributed by atoms with E-state index < -0.39 is 45.0 Å². The molecule has 37 heavy (non-hydrogen) atoms. The van der Waals surface area contributed by atoms with Crippen molar-refractivity contribution in [3.8, 4) is 0 Å². The van der Waals surface area contributed by atoms with E-state index in [0.717, 1.165) is 31.3 Å². The molecule has 14 heteroatoms. The third kappa shape index (κ3) is 4.99. The molecule has 3 aromatic rings. The fraction of sp³-hybridized carbons (Fsp3) is 0.391. The van der Waals surface area contributed by atoms with Gasteiger partial charge in [-0.25, -0.2) is 18.6 Å². The van der Waals surface area contributed by atoms with Gasteiger partial charge in [0.05, 0.1) is 34.6 Å². The van der Waals surface area contributed by atoms with Crippen LogP contribution in [0.4, 0.5) is 23.2 Å². The van der Waals surface area contributed by atoms with Gasteiger partial charge >= 0.3 is 6.18 Å². The largest absolute Gasteiger partial charge is 0.417 e. The number of halogens is 5. The van der Waals surface area contributed by atoms with Crippen LogP contribution < -0.4 is 10.5 Å². The van der Waals surface area contributed by atoms with E-state index in [2.05, 4.69) is 15.1 Å². The van der Waals surface area contributed by atoms with Crippen molar-refractivity contribution in [1.82, 2.24) is 19.7 Å². The van der Waals surface area contributed by atoms with E-state index in [1.165, 1.54) is 10.9 Å². The predicted octanol–water partition coefficient (Wildman–Crippen LogP) is 4.27. The number of hydrogen-bond acceptors (Lipinski definition) is 7. The Morgan fingerprint density at radius 3 is 2.73 bits per heavy atom. The van der Waals surface area contributed by atoms with Crippen LogP contribution in [0.3, 0.4) is 0 Å². The van der Waals surface area contributed by atoms with Crippen LogP contribution in [0, 0.1) is 5.82 Å². The highest BCUT2D eigenvalue weighted by atomic mass is 35.5. The van der Waals surface area contributed by atoms with E-state index >= 15 is 0 Å². The van der Waals surface area contributed by atoms with Crippen LogP contribution in [-0.4, -0.2) is 37.1 Å². The van der Waals surface area contributed by atoms with Gasteiger partial charge in [-0.05, 0) is 43.9 Å². The summed E-state index contributed by atoms with van der Waals surface area (Å²) in [6, 6.07) is 2.00. The van der Waals surface area contributed by atoms with Crippen LogP contribution in [0.2, 0.25) is 5.02 Å². The predicted molar refractivity (Wildman–Crippen MR) is 125 cm³/mol. The Hall–Kier alpha value is -2.90. The first kappa shape index (κ1) is 25.7. The average Bonchev–Trinajstić information content (AvgIpc) is 2.89. The molecule has 1 aromatic carbocycles. The van der Waals surface area contributed by atoms with Crippen molar-refractivity contribution in [2.75, 3.05) is 18.1 Å². The van der Waals surface area contributed by atoms with E-state index in [-0.39, 0.29) is 23.0 Å². The fourth-order valence-electron chi connectivity index (χ4n) is 4.46. The molecule has 0 N–H and O–H groups in total. The third-order valence-electron chi connectivity index (χ3n) is 6.28. The van der Waals surface area contributed by atoms with Gasteiger partial charge < -0.3 is 9.64 Å². The Labute approximate surface area is 215 Å². The summed E-state index contributed by atoms with van der Waals surface area (Å²) < 4.78 is 74.1. The maximum Gasteiger partial charge on any atom is 0.417 e. The lowest BCUT2D eigenvalue weighted by atomic mass is 10.1. The molecule has 4 heterocycles. The average molecular weight is 558 g/mol. The second-order valence-electron chi connectivity index (χ2n) is 8.60. The number of nitrogens with zero attached hydrogens (tertiary/aromatic N) is 5. The summed E-state index contributed by atoms with van der Waals surface area (Å²) in [7, 11) is -2.33. The van der Waals surface area contributed by atoms with Crippen LogP contribution in [0.5, 0.6) is 0 Å². The van der Waals surface area contributed by atoms with Gasteiger partial charge in [0, 0.05) is 18.7 Å². The maximum atomic E-state index is 13.5. The molecular weight excluding hydrogens is 538 g/mol. The number of rotatable bonds is 4. The zero-order chi connectivity index (χ0) is 26.3. The van der Waals surface area contributed by atoms with Crippen LogP contribution >= 0.6 is 11.6 Å². The minimum Gasteiger partial charge on any atom is -0.363 e. The summed E-state index contributed by atoms with van der Waals surface area (Å²) in [6.07, 6.45) is -0.0844. The minimum absolute atomic E-state index is 0.0355. The zero-order valence-electron chi connectivity index (χ0n) is 19.2. The fourth-order valence-corrected chi connectivity index (χ4v) is 6.07. The van der Waals surface area contributed by atoms with Gasteiger partial charge in [-0.15, -0.1) is 0 Å². The van der Waals surface area contributed by atoms with Crippen molar-refractivity contribution in [2.24, 2.45) is 0 Å². The number of ether oxygens (including phenoxy) is 1. The van der Waals surface area contributed by atoms with Gasteiger partial charge in [0.25, 0.3) is 5.56 Å². The zero-order valence-corrected chi connectivity index (χ0v) is 20.7. The summed E-state index contributed by atoms with van der Waals surface area (Å²) >= 11 is 6.42. The molecule has 2 aliphatic heterocycles. The summed E-state index contributed by atoms with van der Waals surface area (Å²) in [5.41, 5.74) is -0.574. The molecule has 5 rings (SSSR count). The first-order valence-corrected chi connectivity index (χ1v) is 12.9. The second kappa shape index (κ2) is 10.1. The number of fused-ring (bicyclic) bond motifs is 1. The summed E-state index contributed by atoms with van der Waals surface area (Å²) in [4.78, 5) is 22.3. The lowest BCUT2D eigenvalue weighted by Gasteiger charge is -2.31. The molecule has 8 nitrogen and oxygen atoms in total. The molecule has 196 valence electrons. The molecule has 1 fully saturated rings. The molecule has 2 aromatic heterocycles. The van der Waals surface area contributed by atoms with Gasteiger partial charge in [0.1, 0.15) is 33.0 Å². The van der Waals surface area contributed by atoms with Gasteiger partial charge in [-0.2, -0.15) is 23.0 Å². The van der Waals surface area contributed by atoms with E-state index in [1.807, 2.05) is 0 Å². The van der Waals surface area contributed by atoms with Gasteiger partial charge in [0.15, 0.2) is 6.23 Å². The topological polar surface area (TPSA) is 90.2 Å². The molecule has 2 aliphatic rings. The van der Waals surface area contributed by atoms with Crippen molar-refractivity contribution in [1.29, 1.82) is 0 Å². The van der Waals surface area contributed by atoms with Gasteiger partial charge in [0.2, 0.25) is 0 Å². The second-order valence-corrected chi connectivity index (χ2v) is 10.3. The Kier molecular flexibility index (Phi) is 7.03. The van der Waals surface area contributed by atoms with Crippen molar-refractivity contribution < 1.29 is 26.5 Å². The lowest BCUT2D eigenvalue weighted by molar-refractivity contribution is -0.140. The SMILES string of the molecule is O=c1c(Cl)c(N2CCc3c(ncnc3S(=O)c3ccc(F)cc3C(F)(F)F)C2)cnn1C1CCCCO1. The minimum atomic E-state index is -4.90. The number of benzene rings is 1. The van der Waals surface area contributed by atoms with Crippen LogP contribution in [0.15, 0.2) is 45.4 Å². The highest BCUT2D eigenvalue weighted by Crippen LogP contribution is 2.37. The molecule has 0 amide bonds. The van der Waals surface area contributed by atoms with Crippen LogP contribution in [0.25, 0.3) is 0 Å². The Balaban J connectivity index is 1.44. The number of hydrogen-bond donors (Lipinski definition) is 0. The monoisotopic (exact) mass is 557 g/mol. The standard InChI is InChI=1S/C23H20ClF4N5O3S/c24-20-17(10-31-33(22(20)34)19-3-1-2-8-36-19)32-7-6-14-16(11-32)29-12-30-21(14)37(35)18-5-4-13(25)9-15(18)23(26,27)28/h4-5,9-10,12,19H,1-3,6-8,11H2. The Morgan fingerprint density at radius 2 is 2.00 bits per heavy atom. The molecule has 2 atom stereocenters. The summed E-state index contributed by atoms with van der Waals surface area (Å²) in [5, 5.41) is 4.14. The van der Waals surface area contributed by atoms with E-state index in [9.17, 15) is 26.6 Å². The molecule has 2 unspecified atom stereocenters. The van der Waals surface area contributed by atoms with Gasteiger partial charge in [-0.1, -0.05) is 11.6 Å². The molecular formula is C23H20ClF4N5O3S. The van der Waals surface area contributed by atoms with Crippen LogP contribution in [-0.2, 0) is 34.7 Å². The van der Waals surface area contributed by atoms with Crippen molar-refractivity contribution in [3.63, 3.8) is 0 Å². The third-order valence-corrected chi connectivity index (χ3v) is 8.10. The van der Waals surface area contributed by atoms with E-state index in [0.29, 0.717) is 42.6 Å². The normalized spacial score (nSPS) is 18.9. The lowest BCUT2D eigenvalue weighted by Crippen LogP contribution is -2.36. The van der Waals surface area contributed by atoms with Gasteiger partial charge in [-0.3, -0.25) is 4.79 Å². The summed E-state index contributed by atoms with van der Waals surface area (Å²) in [6.45, 7) is 0.972. The van der Waals surface area contributed by atoms with E-state index in [1.54, 1.807) is 4.90 Å². The molecule has 1 saturated heterocycles. The Morgan fingerprint density at radius 1 is 1.19 bits per heavy atom. The Bertz CT molecular complexity index is 1430. The number of aromatic nitrogens is 4. The van der Waals surface area contributed by atoms with Crippen molar-refractivity contribution >= 4 is 28.1 Å². The number of anilines is 1. The van der Waals surface area contributed by atoms with E-state index in [4.69, 9.17) is 16.3 Å². The maximum absolute atomic E-state index is 13.5. The summed E-state index contributed by atoms with van der Waals surface area (Å²) in [5.74, 6) is -1.09. The molecule has 0 aliphatic carbocycles. The quantitative estimate of drug-likeness (QED) is 0.349. The number of alkyl halides is 3. The molecule has 0 spiro atoms. The first-order valence-electron chi connectivity index (χ1n) is 11.4. The molecule has 0 radical (unpaired) electrons. The smallest absolute Gasteiger partial charge is 0.363 e. The first-order chi connectivity index (χ1) is 17.6. The highest BCUT2D eigenvalue weighted by Gasteiger charge is 2.37. The molecule has 0 saturated carbocycles. The van der Waals surface area contributed by atoms with Crippen molar-refractivity contribution in [2.45, 2.75) is 54.6 Å². The highest BCUT2D eigenvalue weighted by molar-refractivity contribution is 7.85. The molecule has 0 bridgehead atoms. The van der Waals surface area contributed by atoms with Crippen LogP contribution in [0.1, 0.15) is 42.3 Å². The van der Waals surface area contributed by atoms with Crippen molar-refractivity contribution in [3.05, 3.63) is 68.7 Å².